The van der Waals surface area contributed by atoms with Gasteiger partial charge in [-0.1, -0.05) is 13.3 Å². The van der Waals surface area contributed by atoms with Gasteiger partial charge in [-0.3, -0.25) is 4.90 Å². The molecule has 2 aliphatic carbocycles. The zero-order valence-corrected chi connectivity index (χ0v) is 12.2. The number of rotatable bonds is 2. The normalized spacial score (nSPS) is 46.0. The summed E-state index contributed by atoms with van der Waals surface area (Å²) in [5, 5.41) is 3.61. The van der Waals surface area contributed by atoms with Crippen LogP contribution in [0.1, 0.15) is 58.3 Å². The van der Waals surface area contributed by atoms with Crippen LogP contribution < -0.4 is 5.32 Å². The smallest absolute Gasteiger partial charge is 0.0254 e. The van der Waals surface area contributed by atoms with Crippen molar-refractivity contribution in [1.29, 1.82) is 0 Å². The highest BCUT2D eigenvalue weighted by atomic mass is 15.2. The topological polar surface area (TPSA) is 15.3 Å². The summed E-state index contributed by atoms with van der Waals surface area (Å²) in [6, 6.07) is 2.51. The van der Waals surface area contributed by atoms with Crippen molar-refractivity contribution in [1.82, 2.24) is 10.2 Å². The lowest BCUT2D eigenvalue weighted by molar-refractivity contribution is 0.0236. The fourth-order valence-corrected chi connectivity index (χ4v) is 4.96. The summed E-state index contributed by atoms with van der Waals surface area (Å²) in [4.78, 5) is 2.93. The van der Waals surface area contributed by atoms with Gasteiger partial charge in [-0.05, 0) is 70.4 Å². The van der Waals surface area contributed by atoms with E-state index in [1.54, 1.807) is 0 Å². The first kappa shape index (κ1) is 12.9. The quantitative estimate of drug-likeness (QED) is 0.810. The molecule has 1 aliphatic heterocycles. The molecule has 3 fully saturated rings. The van der Waals surface area contributed by atoms with Crippen molar-refractivity contribution >= 4 is 0 Å². The SMILES string of the molecule is CNC1CCC(C)CC1N1CCCC2CCCC21. The van der Waals surface area contributed by atoms with Crippen molar-refractivity contribution in [2.24, 2.45) is 11.8 Å². The van der Waals surface area contributed by atoms with Crippen LogP contribution in [-0.2, 0) is 0 Å². The lowest BCUT2D eigenvalue weighted by atomic mass is 9.80. The van der Waals surface area contributed by atoms with Gasteiger partial charge in [0, 0.05) is 18.1 Å². The van der Waals surface area contributed by atoms with Crippen molar-refractivity contribution in [3.8, 4) is 0 Å². The van der Waals surface area contributed by atoms with E-state index in [1.165, 1.54) is 57.9 Å². The molecule has 3 rings (SSSR count). The standard InChI is InChI=1S/C16H30N2/c1-12-8-9-14(17-2)16(11-12)18-10-4-6-13-5-3-7-15(13)18/h12-17H,3-11H2,1-2H3. The zero-order valence-electron chi connectivity index (χ0n) is 12.2. The van der Waals surface area contributed by atoms with E-state index in [9.17, 15) is 0 Å². The van der Waals surface area contributed by atoms with Crippen LogP contribution in [-0.4, -0.2) is 36.6 Å². The van der Waals surface area contributed by atoms with E-state index in [0.717, 1.165) is 30.0 Å². The monoisotopic (exact) mass is 250 g/mol. The number of hydrogen-bond donors (Lipinski definition) is 1. The Bertz CT molecular complexity index is 278. The number of likely N-dealkylation sites (N-methyl/N-ethyl adjacent to an activating group) is 1. The van der Waals surface area contributed by atoms with Gasteiger partial charge in [0.25, 0.3) is 0 Å². The molecule has 0 radical (unpaired) electrons. The maximum absolute atomic E-state index is 3.61. The van der Waals surface area contributed by atoms with Gasteiger partial charge in [0.1, 0.15) is 0 Å². The summed E-state index contributed by atoms with van der Waals surface area (Å²) >= 11 is 0. The van der Waals surface area contributed by atoms with E-state index in [1.807, 2.05) is 0 Å². The molecule has 0 bridgehead atoms. The van der Waals surface area contributed by atoms with Crippen molar-refractivity contribution in [2.45, 2.75) is 76.4 Å². The molecule has 2 heteroatoms. The van der Waals surface area contributed by atoms with Crippen molar-refractivity contribution < 1.29 is 0 Å². The van der Waals surface area contributed by atoms with Crippen molar-refractivity contribution in [3.05, 3.63) is 0 Å². The first-order valence-electron chi connectivity index (χ1n) is 8.22. The van der Waals surface area contributed by atoms with Crippen LogP contribution in [0, 0.1) is 11.8 Å². The molecule has 5 atom stereocenters. The van der Waals surface area contributed by atoms with Crippen LogP contribution in [0.25, 0.3) is 0 Å². The summed E-state index contributed by atoms with van der Waals surface area (Å²) in [6.07, 6.45) is 11.7. The van der Waals surface area contributed by atoms with Crippen LogP contribution in [0.2, 0.25) is 0 Å². The van der Waals surface area contributed by atoms with E-state index in [0.29, 0.717) is 0 Å². The van der Waals surface area contributed by atoms with Gasteiger partial charge in [0.2, 0.25) is 0 Å². The van der Waals surface area contributed by atoms with E-state index in [2.05, 4.69) is 24.2 Å². The molecule has 1 N–H and O–H groups in total. The summed E-state index contributed by atoms with van der Waals surface area (Å²) in [5.41, 5.74) is 0. The molecule has 0 aromatic heterocycles. The number of nitrogens with zero attached hydrogens (tertiary/aromatic N) is 1. The van der Waals surface area contributed by atoms with Gasteiger partial charge < -0.3 is 5.32 Å². The predicted molar refractivity (Wildman–Crippen MR) is 76.7 cm³/mol. The highest BCUT2D eigenvalue weighted by Gasteiger charge is 2.41. The minimum atomic E-state index is 0.751. The Balaban J connectivity index is 1.74. The number of piperidine rings is 1. The molecule has 0 amide bonds. The summed E-state index contributed by atoms with van der Waals surface area (Å²) < 4.78 is 0. The Morgan fingerprint density at radius 2 is 1.78 bits per heavy atom. The molecule has 0 aromatic carbocycles. The first-order chi connectivity index (χ1) is 8.79. The van der Waals surface area contributed by atoms with Gasteiger partial charge in [-0.25, -0.2) is 0 Å². The van der Waals surface area contributed by atoms with E-state index < -0.39 is 0 Å². The summed E-state index contributed by atoms with van der Waals surface area (Å²) in [5.74, 6) is 1.97. The Hall–Kier alpha value is -0.0800. The van der Waals surface area contributed by atoms with Crippen LogP contribution >= 0.6 is 0 Å². The minimum absolute atomic E-state index is 0.751. The summed E-state index contributed by atoms with van der Waals surface area (Å²) in [7, 11) is 2.17. The van der Waals surface area contributed by atoms with Crippen LogP contribution in [0.3, 0.4) is 0 Å². The second kappa shape index (κ2) is 5.50. The molecule has 18 heavy (non-hydrogen) atoms. The highest BCUT2D eigenvalue weighted by molar-refractivity contribution is 4.97. The maximum Gasteiger partial charge on any atom is 0.0254 e. The zero-order chi connectivity index (χ0) is 12.5. The fraction of sp³-hybridized carbons (Fsp3) is 1.00. The van der Waals surface area contributed by atoms with E-state index >= 15 is 0 Å². The average Bonchev–Trinajstić information content (AvgIpc) is 2.86. The molecule has 2 nitrogen and oxygen atoms in total. The third kappa shape index (κ3) is 2.34. The van der Waals surface area contributed by atoms with Crippen molar-refractivity contribution in [3.63, 3.8) is 0 Å². The molecule has 2 saturated carbocycles. The number of likely N-dealkylation sites (tertiary alicyclic amines) is 1. The molecule has 1 saturated heterocycles. The Morgan fingerprint density at radius 1 is 0.944 bits per heavy atom. The van der Waals surface area contributed by atoms with E-state index in [4.69, 9.17) is 0 Å². The van der Waals surface area contributed by atoms with Gasteiger partial charge in [0.05, 0.1) is 0 Å². The van der Waals surface area contributed by atoms with Gasteiger partial charge in [-0.15, -0.1) is 0 Å². The fourth-order valence-electron chi connectivity index (χ4n) is 4.96. The molecular weight excluding hydrogens is 220 g/mol. The third-order valence-electron chi connectivity index (χ3n) is 5.91. The molecule has 0 spiro atoms. The highest BCUT2D eigenvalue weighted by Crippen LogP contribution is 2.40. The largest absolute Gasteiger partial charge is 0.315 e. The van der Waals surface area contributed by atoms with Gasteiger partial charge in [-0.2, -0.15) is 0 Å². The Morgan fingerprint density at radius 3 is 2.61 bits per heavy atom. The van der Waals surface area contributed by atoms with Crippen molar-refractivity contribution in [2.75, 3.05) is 13.6 Å². The van der Waals surface area contributed by atoms with Crippen LogP contribution in [0.5, 0.6) is 0 Å². The second-order valence-corrected chi connectivity index (χ2v) is 7.02. The number of fused-ring (bicyclic) bond motifs is 1. The van der Waals surface area contributed by atoms with Gasteiger partial charge >= 0.3 is 0 Å². The molecule has 0 aromatic rings. The number of nitrogens with one attached hydrogen (secondary N) is 1. The summed E-state index contributed by atoms with van der Waals surface area (Å²) in [6.45, 7) is 3.83. The molecule has 1 heterocycles. The van der Waals surface area contributed by atoms with E-state index in [-0.39, 0.29) is 0 Å². The number of hydrogen-bond acceptors (Lipinski definition) is 2. The lowest BCUT2D eigenvalue weighted by Crippen LogP contribution is -2.57. The molecule has 5 unspecified atom stereocenters. The molecule has 3 aliphatic rings. The molecule has 104 valence electrons. The Kier molecular flexibility index (Phi) is 3.95. The maximum atomic E-state index is 3.61. The van der Waals surface area contributed by atoms with Crippen LogP contribution in [0.4, 0.5) is 0 Å². The minimum Gasteiger partial charge on any atom is -0.315 e. The lowest BCUT2D eigenvalue weighted by Gasteiger charge is -2.48. The second-order valence-electron chi connectivity index (χ2n) is 7.02. The molecular formula is C16H30N2. The Labute approximate surface area is 113 Å². The third-order valence-corrected chi connectivity index (χ3v) is 5.91. The van der Waals surface area contributed by atoms with Crippen LogP contribution in [0.15, 0.2) is 0 Å². The average molecular weight is 250 g/mol. The van der Waals surface area contributed by atoms with Gasteiger partial charge in [0.15, 0.2) is 0 Å². The first-order valence-corrected chi connectivity index (χ1v) is 8.22. The predicted octanol–water partition coefficient (Wildman–Crippen LogP) is 3.03.